The first kappa shape index (κ1) is 11.6. The number of hydrogen-bond acceptors (Lipinski definition) is 3. The molecule has 1 saturated carbocycles. The lowest BCUT2D eigenvalue weighted by atomic mass is 9.85. The quantitative estimate of drug-likeness (QED) is 0.850. The molecule has 0 amide bonds. The van der Waals surface area contributed by atoms with Gasteiger partial charge in [-0.2, -0.15) is 0 Å². The Morgan fingerprint density at radius 1 is 1.50 bits per heavy atom. The standard InChI is InChI=1S/C12H22N4/c1-9(2)7-16-8-14-15-12(16)10-4-3-5-11(13)6-10/h8-11H,3-7,13H2,1-2H3. The molecule has 2 unspecified atom stereocenters. The molecule has 0 radical (unpaired) electrons. The molecule has 0 bridgehead atoms. The molecule has 1 fully saturated rings. The average Bonchev–Trinajstić information content (AvgIpc) is 2.65. The van der Waals surface area contributed by atoms with Crippen LogP contribution in [0.5, 0.6) is 0 Å². The molecule has 1 heterocycles. The summed E-state index contributed by atoms with van der Waals surface area (Å²) in [6.45, 7) is 5.45. The topological polar surface area (TPSA) is 56.7 Å². The highest BCUT2D eigenvalue weighted by Crippen LogP contribution is 2.31. The summed E-state index contributed by atoms with van der Waals surface area (Å²) in [7, 11) is 0. The van der Waals surface area contributed by atoms with Crippen molar-refractivity contribution < 1.29 is 0 Å². The summed E-state index contributed by atoms with van der Waals surface area (Å²) in [6, 6.07) is 0.350. The molecule has 0 aliphatic heterocycles. The minimum atomic E-state index is 0.350. The second-order valence-electron chi connectivity index (χ2n) is 5.36. The Morgan fingerprint density at radius 2 is 2.31 bits per heavy atom. The third kappa shape index (κ3) is 2.61. The van der Waals surface area contributed by atoms with Crippen LogP contribution in [0, 0.1) is 5.92 Å². The van der Waals surface area contributed by atoms with Crippen LogP contribution in [0.2, 0.25) is 0 Å². The molecule has 16 heavy (non-hydrogen) atoms. The van der Waals surface area contributed by atoms with E-state index in [1.165, 1.54) is 12.8 Å². The summed E-state index contributed by atoms with van der Waals surface area (Å²) >= 11 is 0. The van der Waals surface area contributed by atoms with Crippen LogP contribution in [0.1, 0.15) is 51.3 Å². The molecule has 1 aromatic heterocycles. The lowest BCUT2D eigenvalue weighted by molar-refractivity contribution is 0.366. The normalized spacial score (nSPS) is 26.2. The Labute approximate surface area is 97.2 Å². The van der Waals surface area contributed by atoms with Crippen LogP contribution in [0.25, 0.3) is 0 Å². The van der Waals surface area contributed by atoms with Crippen molar-refractivity contribution in [1.29, 1.82) is 0 Å². The maximum Gasteiger partial charge on any atom is 0.135 e. The molecule has 1 aliphatic carbocycles. The first-order valence-electron chi connectivity index (χ1n) is 6.30. The average molecular weight is 222 g/mol. The number of aromatic nitrogens is 3. The highest BCUT2D eigenvalue weighted by molar-refractivity contribution is 5.00. The zero-order valence-electron chi connectivity index (χ0n) is 10.3. The first-order chi connectivity index (χ1) is 7.66. The Balaban J connectivity index is 2.10. The van der Waals surface area contributed by atoms with Gasteiger partial charge in [0.25, 0.3) is 0 Å². The molecule has 0 aromatic carbocycles. The van der Waals surface area contributed by atoms with Crippen molar-refractivity contribution in [2.75, 3.05) is 0 Å². The van der Waals surface area contributed by atoms with Gasteiger partial charge in [-0.15, -0.1) is 10.2 Å². The van der Waals surface area contributed by atoms with E-state index in [-0.39, 0.29) is 0 Å². The molecule has 1 aliphatic rings. The molecular formula is C12H22N4. The van der Waals surface area contributed by atoms with E-state index >= 15 is 0 Å². The minimum absolute atomic E-state index is 0.350. The van der Waals surface area contributed by atoms with E-state index < -0.39 is 0 Å². The van der Waals surface area contributed by atoms with Crippen LogP contribution in [0.3, 0.4) is 0 Å². The van der Waals surface area contributed by atoms with Crippen LogP contribution >= 0.6 is 0 Å². The molecular weight excluding hydrogens is 200 g/mol. The highest BCUT2D eigenvalue weighted by atomic mass is 15.3. The highest BCUT2D eigenvalue weighted by Gasteiger charge is 2.24. The monoisotopic (exact) mass is 222 g/mol. The van der Waals surface area contributed by atoms with Crippen molar-refractivity contribution in [2.45, 2.75) is 58.0 Å². The van der Waals surface area contributed by atoms with Gasteiger partial charge in [0.15, 0.2) is 0 Å². The molecule has 1 aromatic rings. The molecule has 2 atom stereocenters. The van der Waals surface area contributed by atoms with Crippen molar-refractivity contribution in [3.8, 4) is 0 Å². The van der Waals surface area contributed by atoms with Crippen LogP contribution in [0.4, 0.5) is 0 Å². The summed E-state index contributed by atoms with van der Waals surface area (Å²) < 4.78 is 2.20. The second kappa shape index (κ2) is 4.95. The minimum Gasteiger partial charge on any atom is -0.328 e. The Kier molecular flexibility index (Phi) is 3.59. The van der Waals surface area contributed by atoms with E-state index in [4.69, 9.17) is 5.73 Å². The summed E-state index contributed by atoms with van der Waals surface area (Å²) in [6.07, 6.45) is 6.52. The summed E-state index contributed by atoms with van der Waals surface area (Å²) in [5, 5.41) is 8.33. The fourth-order valence-corrected chi connectivity index (χ4v) is 2.58. The van der Waals surface area contributed by atoms with Gasteiger partial charge in [0.1, 0.15) is 12.2 Å². The molecule has 90 valence electrons. The van der Waals surface area contributed by atoms with Gasteiger partial charge in [-0.3, -0.25) is 0 Å². The Bertz CT molecular complexity index is 332. The van der Waals surface area contributed by atoms with Crippen molar-refractivity contribution in [1.82, 2.24) is 14.8 Å². The predicted molar refractivity (Wildman–Crippen MR) is 64.0 cm³/mol. The van der Waals surface area contributed by atoms with E-state index in [0.29, 0.717) is 17.9 Å². The van der Waals surface area contributed by atoms with Gasteiger partial charge in [-0.1, -0.05) is 20.3 Å². The van der Waals surface area contributed by atoms with Crippen LogP contribution in [-0.2, 0) is 6.54 Å². The van der Waals surface area contributed by atoms with Crippen LogP contribution < -0.4 is 5.73 Å². The van der Waals surface area contributed by atoms with Crippen molar-refractivity contribution in [2.24, 2.45) is 11.7 Å². The third-order valence-corrected chi connectivity index (χ3v) is 3.29. The van der Waals surface area contributed by atoms with Gasteiger partial charge in [-0.25, -0.2) is 0 Å². The van der Waals surface area contributed by atoms with Gasteiger partial charge < -0.3 is 10.3 Å². The van der Waals surface area contributed by atoms with Crippen LogP contribution in [0.15, 0.2) is 6.33 Å². The number of rotatable bonds is 3. The van der Waals surface area contributed by atoms with Gasteiger partial charge in [0.05, 0.1) is 0 Å². The van der Waals surface area contributed by atoms with Crippen molar-refractivity contribution in [3.05, 3.63) is 12.2 Å². The zero-order valence-corrected chi connectivity index (χ0v) is 10.3. The lowest BCUT2D eigenvalue weighted by Crippen LogP contribution is -2.28. The van der Waals surface area contributed by atoms with E-state index in [2.05, 4.69) is 28.6 Å². The molecule has 2 N–H and O–H groups in total. The van der Waals surface area contributed by atoms with Crippen molar-refractivity contribution >= 4 is 0 Å². The smallest absolute Gasteiger partial charge is 0.135 e. The fraction of sp³-hybridized carbons (Fsp3) is 0.833. The summed E-state index contributed by atoms with van der Waals surface area (Å²) in [5.74, 6) is 2.29. The Hall–Kier alpha value is -0.900. The van der Waals surface area contributed by atoms with E-state index in [1.807, 2.05) is 6.33 Å². The van der Waals surface area contributed by atoms with E-state index in [0.717, 1.165) is 25.2 Å². The third-order valence-electron chi connectivity index (χ3n) is 3.29. The summed E-state index contributed by atoms with van der Waals surface area (Å²) in [4.78, 5) is 0. The largest absolute Gasteiger partial charge is 0.328 e. The van der Waals surface area contributed by atoms with Crippen LogP contribution in [-0.4, -0.2) is 20.8 Å². The predicted octanol–water partition coefficient (Wildman–Crippen LogP) is 1.92. The maximum atomic E-state index is 6.03. The first-order valence-corrected chi connectivity index (χ1v) is 6.30. The van der Waals surface area contributed by atoms with Gasteiger partial charge >= 0.3 is 0 Å². The second-order valence-corrected chi connectivity index (χ2v) is 5.36. The SMILES string of the molecule is CC(C)Cn1cnnc1C1CCCC(N)C1. The number of nitrogens with zero attached hydrogens (tertiary/aromatic N) is 3. The number of hydrogen-bond donors (Lipinski definition) is 1. The van der Waals surface area contributed by atoms with Crippen molar-refractivity contribution in [3.63, 3.8) is 0 Å². The van der Waals surface area contributed by atoms with E-state index in [9.17, 15) is 0 Å². The molecule has 0 spiro atoms. The van der Waals surface area contributed by atoms with E-state index in [1.54, 1.807) is 0 Å². The number of nitrogens with two attached hydrogens (primary N) is 1. The molecule has 4 heteroatoms. The Morgan fingerprint density at radius 3 is 3.00 bits per heavy atom. The van der Waals surface area contributed by atoms with Gasteiger partial charge in [0.2, 0.25) is 0 Å². The fourth-order valence-electron chi connectivity index (χ4n) is 2.58. The molecule has 2 rings (SSSR count). The van der Waals surface area contributed by atoms with Gasteiger partial charge in [-0.05, 0) is 25.2 Å². The summed E-state index contributed by atoms with van der Waals surface area (Å²) in [5.41, 5.74) is 6.03. The maximum absolute atomic E-state index is 6.03. The molecule has 4 nitrogen and oxygen atoms in total. The molecule has 0 saturated heterocycles. The van der Waals surface area contributed by atoms with Gasteiger partial charge in [0, 0.05) is 18.5 Å². The zero-order chi connectivity index (χ0) is 11.5. The lowest BCUT2D eigenvalue weighted by Gasteiger charge is -2.26.